The summed E-state index contributed by atoms with van der Waals surface area (Å²) >= 11 is 3.40. The summed E-state index contributed by atoms with van der Waals surface area (Å²) in [6.07, 6.45) is 0.923. The Balaban J connectivity index is 2.07. The van der Waals surface area contributed by atoms with Crippen LogP contribution in [0.2, 0.25) is 0 Å². The number of nitrogens with one attached hydrogen (secondary N) is 1. The van der Waals surface area contributed by atoms with Crippen molar-refractivity contribution in [1.29, 1.82) is 0 Å². The summed E-state index contributed by atoms with van der Waals surface area (Å²) in [6, 6.07) is 7.92. The monoisotopic (exact) mass is 297 g/mol. The molecule has 1 aliphatic rings. The highest BCUT2D eigenvalue weighted by atomic mass is 79.9. The van der Waals surface area contributed by atoms with Crippen LogP contribution >= 0.6 is 15.9 Å². The Labute approximate surface area is 110 Å². The van der Waals surface area contributed by atoms with Gasteiger partial charge in [0.2, 0.25) is 5.91 Å². The molecule has 2 atom stereocenters. The SMILES string of the molecule is CCC(CBr)NC(=O)C1COc2ccccc21. The fourth-order valence-corrected chi connectivity index (χ4v) is 2.55. The first-order valence-electron chi connectivity index (χ1n) is 5.84. The number of fused-ring (bicyclic) bond motifs is 1. The largest absolute Gasteiger partial charge is 0.492 e. The Morgan fingerprint density at radius 3 is 3.06 bits per heavy atom. The van der Waals surface area contributed by atoms with Crippen LogP contribution in [0.15, 0.2) is 24.3 Å². The van der Waals surface area contributed by atoms with E-state index in [1.807, 2.05) is 24.3 Å². The van der Waals surface area contributed by atoms with Gasteiger partial charge in [-0.1, -0.05) is 41.1 Å². The summed E-state index contributed by atoms with van der Waals surface area (Å²) in [7, 11) is 0. The van der Waals surface area contributed by atoms with E-state index in [9.17, 15) is 4.79 Å². The van der Waals surface area contributed by atoms with E-state index < -0.39 is 0 Å². The summed E-state index contributed by atoms with van der Waals surface area (Å²) in [5.41, 5.74) is 0.995. The third kappa shape index (κ3) is 2.63. The van der Waals surface area contributed by atoms with Crippen LogP contribution in [0.4, 0.5) is 0 Å². The topological polar surface area (TPSA) is 38.3 Å². The zero-order valence-electron chi connectivity index (χ0n) is 9.78. The van der Waals surface area contributed by atoms with Crippen molar-refractivity contribution in [3.05, 3.63) is 29.8 Å². The number of carbonyl (C=O) groups is 1. The van der Waals surface area contributed by atoms with Crippen molar-refractivity contribution in [2.45, 2.75) is 25.3 Å². The van der Waals surface area contributed by atoms with Crippen LogP contribution in [0.5, 0.6) is 5.75 Å². The zero-order valence-corrected chi connectivity index (χ0v) is 11.4. The van der Waals surface area contributed by atoms with Gasteiger partial charge in [-0.2, -0.15) is 0 Å². The fourth-order valence-electron chi connectivity index (χ4n) is 1.93. The van der Waals surface area contributed by atoms with Crippen LogP contribution in [-0.4, -0.2) is 23.9 Å². The van der Waals surface area contributed by atoms with Crippen molar-refractivity contribution in [3.63, 3.8) is 0 Å². The van der Waals surface area contributed by atoms with Crippen LogP contribution in [0.25, 0.3) is 0 Å². The van der Waals surface area contributed by atoms with Gasteiger partial charge in [-0.15, -0.1) is 0 Å². The predicted molar refractivity (Wildman–Crippen MR) is 70.7 cm³/mol. The number of rotatable bonds is 4. The van der Waals surface area contributed by atoms with E-state index >= 15 is 0 Å². The van der Waals surface area contributed by atoms with Crippen molar-refractivity contribution in [2.75, 3.05) is 11.9 Å². The summed E-state index contributed by atoms with van der Waals surface area (Å²) in [4.78, 5) is 12.1. The third-order valence-electron chi connectivity index (χ3n) is 3.04. The second-order valence-electron chi connectivity index (χ2n) is 4.17. The minimum Gasteiger partial charge on any atom is -0.492 e. The van der Waals surface area contributed by atoms with Gasteiger partial charge in [-0.3, -0.25) is 4.79 Å². The smallest absolute Gasteiger partial charge is 0.231 e. The van der Waals surface area contributed by atoms with Crippen LogP contribution in [-0.2, 0) is 4.79 Å². The van der Waals surface area contributed by atoms with E-state index in [1.54, 1.807) is 0 Å². The van der Waals surface area contributed by atoms with Crippen molar-refractivity contribution < 1.29 is 9.53 Å². The Bertz CT molecular complexity index is 404. The molecule has 1 aromatic carbocycles. The second-order valence-corrected chi connectivity index (χ2v) is 4.82. The number of amides is 1. The predicted octanol–water partition coefficient (Wildman–Crippen LogP) is 2.45. The molecule has 0 bridgehead atoms. The normalized spacial score (nSPS) is 19.3. The maximum atomic E-state index is 12.1. The number of carbonyl (C=O) groups excluding carboxylic acids is 1. The summed E-state index contributed by atoms with van der Waals surface area (Å²) < 4.78 is 5.51. The minimum absolute atomic E-state index is 0.0567. The molecule has 0 aromatic heterocycles. The molecular weight excluding hydrogens is 282 g/mol. The van der Waals surface area contributed by atoms with Gasteiger partial charge in [-0.25, -0.2) is 0 Å². The first-order chi connectivity index (χ1) is 8.26. The first-order valence-corrected chi connectivity index (χ1v) is 6.96. The van der Waals surface area contributed by atoms with Crippen molar-refractivity contribution in [1.82, 2.24) is 5.32 Å². The summed E-state index contributed by atoms with van der Waals surface area (Å²) in [6.45, 7) is 2.51. The van der Waals surface area contributed by atoms with Crippen molar-refractivity contribution in [3.8, 4) is 5.75 Å². The number of hydrogen-bond acceptors (Lipinski definition) is 2. The van der Waals surface area contributed by atoms with Gasteiger partial charge < -0.3 is 10.1 Å². The highest BCUT2D eigenvalue weighted by Crippen LogP contribution is 2.33. The number of benzene rings is 1. The molecule has 2 rings (SSSR count). The lowest BCUT2D eigenvalue weighted by molar-refractivity contribution is -0.123. The van der Waals surface area contributed by atoms with Gasteiger partial charge in [0.1, 0.15) is 18.3 Å². The quantitative estimate of drug-likeness (QED) is 0.867. The lowest BCUT2D eigenvalue weighted by Gasteiger charge is -2.16. The van der Waals surface area contributed by atoms with Crippen LogP contribution in [0.3, 0.4) is 0 Å². The number of alkyl halides is 1. The van der Waals surface area contributed by atoms with E-state index in [0.717, 1.165) is 23.1 Å². The fraction of sp³-hybridized carbons (Fsp3) is 0.462. The molecule has 92 valence electrons. The molecule has 17 heavy (non-hydrogen) atoms. The van der Waals surface area contributed by atoms with E-state index in [-0.39, 0.29) is 17.9 Å². The molecular formula is C13H16BrNO2. The van der Waals surface area contributed by atoms with E-state index in [0.29, 0.717) is 6.61 Å². The summed E-state index contributed by atoms with van der Waals surface area (Å²) in [5.74, 6) is 0.722. The molecule has 1 aromatic rings. The molecule has 0 saturated heterocycles. The molecule has 1 heterocycles. The van der Waals surface area contributed by atoms with Crippen LogP contribution < -0.4 is 10.1 Å². The number of para-hydroxylation sites is 1. The number of hydrogen-bond donors (Lipinski definition) is 1. The standard InChI is InChI=1S/C13H16BrNO2/c1-2-9(7-14)15-13(16)11-8-17-12-6-4-3-5-10(11)12/h3-6,9,11H,2,7-8H2,1H3,(H,15,16). The van der Waals surface area contributed by atoms with Crippen molar-refractivity contribution in [2.24, 2.45) is 0 Å². The third-order valence-corrected chi connectivity index (χ3v) is 3.82. The molecule has 4 heteroatoms. The average Bonchev–Trinajstić information content (AvgIpc) is 2.79. The average molecular weight is 298 g/mol. The molecule has 1 aliphatic heterocycles. The maximum Gasteiger partial charge on any atom is 0.231 e. The Hall–Kier alpha value is -1.03. The Morgan fingerprint density at radius 2 is 2.35 bits per heavy atom. The molecule has 0 aliphatic carbocycles. The van der Waals surface area contributed by atoms with Gasteiger partial charge in [0.15, 0.2) is 0 Å². The lowest BCUT2D eigenvalue weighted by Crippen LogP contribution is -2.39. The first kappa shape index (κ1) is 12.4. The molecule has 0 radical (unpaired) electrons. The molecule has 1 N–H and O–H groups in total. The van der Waals surface area contributed by atoms with Gasteiger partial charge in [-0.05, 0) is 12.5 Å². The van der Waals surface area contributed by atoms with Gasteiger partial charge in [0.05, 0.1) is 0 Å². The highest BCUT2D eigenvalue weighted by molar-refractivity contribution is 9.09. The molecule has 3 nitrogen and oxygen atoms in total. The van der Waals surface area contributed by atoms with Gasteiger partial charge >= 0.3 is 0 Å². The zero-order chi connectivity index (χ0) is 12.3. The van der Waals surface area contributed by atoms with E-state index in [1.165, 1.54) is 0 Å². The molecule has 0 fully saturated rings. The Morgan fingerprint density at radius 1 is 1.59 bits per heavy atom. The van der Waals surface area contributed by atoms with Gasteiger partial charge in [0.25, 0.3) is 0 Å². The lowest BCUT2D eigenvalue weighted by atomic mass is 10.00. The van der Waals surface area contributed by atoms with E-state index in [4.69, 9.17) is 4.74 Å². The molecule has 1 amide bonds. The summed E-state index contributed by atoms with van der Waals surface area (Å²) in [5, 5.41) is 3.82. The minimum atomic E-state index is -0.167. The second kappa shape index (κ2) is 5.54. The molecule has 2 unspecified atom stereocenters. The van der Waals surface area contributed by atoms with Crippen LogP contribution in [0, 0.1) is 0 Å². The van der Waals surface area contributed by atoms with Crippen LogP contribution in [0.1, 0.15) is 24.8 Å². The van der Waals surface area contributed by atoms with E-state index in [2.05, 4.69) is 28.2 Å². The molecule has 0 saturated carbocycles. The number of halogens is 1. The Kier molecular flexibility index (Phi) is 4.05. The maximum absolute atomic E-state index is 12.1. The van der Waals surface area contributed by atoms with Crippen molar-refractivity contribution >= 4 is 21.8 Å². The van der Waals surface area contributed by atoms with Gasteiger partial charge in [0, 0.05) is 16.9 Å². The number of ether oxygens (including phenoxy) is 1. The molecule has 0 spiro atoms. The highest BCUT2D eigenvalue weighted by Gasteiger charge is 2.30.